The monoisotopic (exact) mass is 532 g/mol. The Morgan fingerprint density at radius 3 is 2.24 bits per heavy atom. The molecule has 4 rings (SSSR count). The number of amides is 2. The first-order valence-electron chi connectivity index (χ1n) is 11.5. The summed E-state index contributed by atoms with van der Waals surface area (Å²) >= 11 is 0. The summed E-state index contributed by atoms with van der Waals surface area (Å²) in [5.41, 5.74) is 1.40. The van der Waals surface area contributed by atoms with Crippen molar-refractivity contribution < 1.29 is 27.7 Å². The smallest absolute Gasteiger partial charge is 0.296 e. The summed E-state index contributed by atoms with van der Waals surface area (Å²) in [6.07, 6.45) is 0. The fraction of sp³-hybridized carbons (Fsp3) is 0.111. The zero-order valence-corrected chi connectivity index (χ0v) is 21.3. The minimum absolute atomic E-state index is 0.167. The second kappa shape index (κ2) is 10.8. The van der Waals surface area contributed by atoms with Crippen molar-refractivity contribution in [1.82, 2.24) is 0 Å². The van der Waals surface area contributed by atoms with E-state index >= 15 is 0 Å². The summed E-state index contributed by atoms with van der Waals surface area (Å²) in [5.74, 6) is -1.03. The molecule has 10 nitrogen and oxygen atoms in total. The van der Waals surface area contributed by atoms with Gasteiger partial charge >= 0.3 is 0 Å². The van der Waals surface area contributed by atoms with Gasteiger partial charge in [0.2, 0.25) is 5.91 Å². The van der Waals surface area contributed by atoms with Gasteiger partial charge in [-0.25, -0.2) is 0 Å². The lowest BCUT2D eigenvalue weighted by atomic mass is 10.1. The van der Waals surface area contributed by atoms with Gasteiger partial charge in [0.15, 0.2) is 5.75 Å². The fourth-order valence-corrected chi connectivity index (χ4v) is 4.56. The lowest BCUT2D eigenvalue weighted by Gasteiger charge is -2.21. The van der Waals surface area contributed by atoms with Crippen molar-refractivity contribution in [3.05, 3.63) is 84.4 Å². The molecule has 0 bridgehead atoms. The van der Waals surface area contributed by atoms with Gasteiger partial charge < -0.3 is 15.3 Å². The lowest BCUT2D eigenvalue weighted by Crippen LogP contribution is -2.30. The van der Waals surface area contributed by atoms with Gasteiger partial charge in [-0.1, -0.05) is 24.3 Å². The van der Waals surface area contributed by atoms with E-state index in [1.54, 1.807) is 53.4 Å². The molecular weight excluding hydrogens is 508 g/mol. The van der Waals surface area contributed by atoms with Crippen molar-refractivity contribution in [2.75, 3.05) is 16.8 Å². The van der Waals surface area contributed by atoms with Crippen molar-refractivity contribution in [3.8, 4) is 5.75 Å². The van der Waals surface area contributed by atoms with Crippen LogP contribution in [0.2, 0.25) is 0 Å². The Morgan fingerprint density at radius 1 is 0.947 bits per heavy atom. The highest BCUT2D eigenvalue weighted by atomic mass is 32.2. The van der Waals surface area contributed by atoms with Crippen molar-refractivity contribution >= 4 is 55.5 Å². The van der Waals surface area contributed by atoms with Gasteiger partial charge in [-0.15, -0.1) is 5.11 Å². The molecule has 3 N–H and O–H groups in total. The number of azo groups is 1. The number of aromatic hydroxyl groups is 1. The highest BCUT2D eigenvalue weighted by molar-refractivity contribution is 7.86. The van der Waals surface area contributed by atoms with Gasteiger partial charge in [0.1, 0.15) is 10.6 Å². The Bertz CT molecular complexity index is 1650. The van der Waals surface area contributed by atoms with E-state index < -0.39 is 26.5 Å². The van der Waals surface area contributed by atoms with Crippen LogP contribution in [0.3, 0.4) is 0 Å². The van der Waals surface area contributed by atoms with Crippen LogP contribution in [0.25, 0.3) is 10.8 Å². The molecule has 194 valence electrons. The third kappa shape index (κ3) is 5.69. The molecular formula is C27H24N4O6S. The number of carbonyl (C=O) groups is 2. The number of fused-ring (bicyclic) bond motifs is 1. The van der Waals surface area contributed by atoms with Crippen LogP contribution in [-0.2, 0) is 14.9 Å². The summed E-state index contributed by atoms with van der Waals surface area (Å²) < 4.78 is 33.9. The van der Waals surface area contributed by atoms with E-state index in [9.17, 15) is 27.7 Å². The number of nitrogens with zero attached hydrogens (tertiary/aromatic N) is 3. The Morgan fingerprint density at radius 2 is 1.63 bits per heavy atom. The molecule has 0 radical (unpaired) electrons. The van der Waals surface area contributed by atoms with Gasteiger partial charge in [0.05, 0.1) is 5.69 Å². The van der Waals surface area contributed by atoms with E-state index in [2.05, 4.69) is 15.5 Å². The molecule has 0 aliphatic heterocycles. The Labute approximate surface area is 219 Å². The largest absolute Gasteiger partial charge is 0.505 e. The highest BCUT2D eigenvalue weighted by Gasteiger charge is 2.22. The number of benzene rings is 4. The first-order chi connectivity index (χ1) is 18.1. The summed E-state index contributed by atoms with van der Waals surface area (Å²) in [6.45, 7) is 3.61. The van der Waals surface area contributed by atoms with Crippen molar-refractivity contribution in [1.29, 1.82) is 0 Å². The molecule has 0 aromatic heterocycles. The van der Waals surface area contributed by atoms with Crippen LogP contribution in [0, 0.1) is 0 Å². The molecule has 0 saturated heterocycles. The fourth-order valence-electron chi connectivity index (χ4n) is 3.90. The number of carbonyl (C=O) groups excluding carboxylic acids is 2. The van der Waals surface area contributed by atoms with E-state index in [1.807, 2.05) is 13.0 Å². The Hall–Kier alpha value is -4.61. The van der Waals surface area contributed by atoms with Crippen molar-refractivity contribution in [2.45, 2.75) is 18.7 Å². The van der Waals surface area contributed by atoms with Crippen LogP contribution in [0.15, 0.2) is 94.0 Å². The maximum absolute atomic E-state index is 12.9. The maximum Gasteiger partial charge on any atom is 0.296 e. The number of nitrogens with one attached hydrogen (secondary N) is 1. The van der Waals surface area contributed by atoms with Crippen LogP contribution >= 0.6 is 0 Å². The molecule has 2 amide bonds. The van der Waals surface area contributed by atoms with E-state index in [4.69, 9.17) is 0 Å². The number of phenols is 1. The third-order valence-corrected chi connectivity index (χ3v) is 6.53. The van der Waals surface area contributed by atoms with Gasteiger partial charge in [0.25, 0.3) is 16.0 Å². The zero-order valence-electron chi connectivity index (χ0n) is 20.5. The topological polar surface area (TPSA) is 149 Å². The first kappa shape index (κ1) is 26.5. The summed E-state index contributed by atoms with van der Waals surface area (Å²) in [4.78, 5) is 25.3. The summed E-state index contributed by atoms with van der Waals surface area (Å²) in [7, 11) is -4.77. The van der Waals surface area contributed by atoms with Crippen molar-refractivity contribution in [2.24, 2.45) is 10.2 Å². The quantitative estimate of drug-likeness (QED) is 0.201. The molecule has 11 heteroatoms. The molecule has 4 aromatic rings. The number of phenolic OH excluding ortho intramolecular Hbond substituents is 1. The highest BCUT2D eigenvalue weighted by Crippen LogP contribution is 2.42. The van der Waals surface area contributed by atoms with Crippen LogP contribution in [0.4, 0.5) is 22.7 Å². The molecule has 0 aliphatic carbocycles. The third-order valence-electron chi connectivity index (χ3n) is 5.66. The Balaban J connectivity index is 1.69. The maximum atomic E-state index is 12.9. The second-order valence-electron chi connectivity index (χ2n) is 8.30. The molecule has 0 heterocycles. The van der Waals surface area contributed by atoms with Crippen LogP contribution < -0.4 is 10.2 Å². The van der Waals surface area contributed by atoms with Crippen LogP contribution in [-0.4, -0.2) is 36.4 Å². The van der Waals surface area contributed by atoms with Gasteiger partial charge in [-0.3, -0.25) is 14.1 Å². The average Bonchev–Trinajstić information content (AvgIpc) is 2.89. The van der Waals surface area contributed by atoms with Crippen molar-refractivity contribution in [3.63, 3.8) is 0 Å². The molecule has 0 spiro atoms. The molecule has 0 saturated carbocycles. The number of hydrogen-bond acceptors (Lipinski definition) is 7. The molecule has 4 aromatic carbocycles. The normalized spacial score (nSPS) is 11.6. The van der Waals surface area contributed by atoms with E-state index in [1.165, 1.54) is 25.1 Å². The predicted molar refractivity (Wildman–Crippen MR) is 144 cm³/mol. The first-order valence-corrected chi connectivity index (χ1v) is 13.0. The van der Waals surface area contributed by atoms with Gasteiger partial charge in [-0.05, 0) is 66.9 Å². The SMILES string of the molecule is CCN(C(=O)c1ccccc1)c1ccc(/N=N/c2c(S(=O)(=O)O)cc3ccc(NC(C)=O)cc3c2O)cc1. The summed E-state index contributed by atoms with van der Waals surface area (Å²) in [5, 5.41) is 21.9. The van der Waals surface area contributed by atoms with Gasteiger partial charge in [-0.2, -0.15) is 13.5 Å². The number of rotatable bonds is 7. The van der Waals surface area contributed by atoms with Crippen LogP contribution in [0.5, 0.6) is 5.75 Å². The average molecular weight is 533 g/mol. The van der Waals surface area contributed by atoms with E-state index in [0.29, 0.717) is 34.6 Å². The number of hydrogen-bond donors (Lipinski definition) is 3. The minimum atomic E-state index is -4.77. The Kier molecular flexibility index (Phi) is 7.51. The minimum Gasteiger partial charge on any atom is -0.505 e. The lowest BCUT2D eigenvalue weighted by molar-refractivity contribution is -0.114. The van der Waals surface area contributed by atoms with E-state index in [0.717, 1.165) is 6.07 Å². The van der Waals surface area contributed by atoms with Crippen LogP contribution in [0.1, 0.15) is 24.2 Å². The van der Waals surface area contributed by atoms with Gasteiger partial charge in [0, 0.05) is 35.8 Å². The summed E-state index contributed by atoms with van der Waals surface area (Å²) in [6, 6.07) is 21.0. The molecule has 0 unspecified atom stereocenters. The standard InChI is InChI=1S/C27H24N4O6S/c1-3-31(27(34)18-7-5-4-6-8-18)22-13-11-20(12-14-22)29-30-25-24(38(35,36)37)15-19-9-10-21(28-17(2)32)16-23(19)26(25)33/h4-16,33H,3H2,1-2H3,(H,28,32)(H,35,36,37)/b30-29+. The number of anilines is 2. The molecule has 0 fully saturated rings. The second-order valence-corrected chi connectivity index (χ2v) is 9.69. The molecule has 0 atom stereocenters. The molecule has 38 heavy (non-hydrogen) atoms. The molecule has 0 aliphatic rings. The predicted octanol–water partition coefficient (Wildman–Crippen LogP) is 5.83. The van der Waals surface area contributed by atoms with E-state index in [-0.39, 0.29) is 17.2 Å². The zero-order chi connectivity index (χ0) is 27.4.